The largest absolute Gasteiger partial charge is 0.341 e. The molecule has 0 spiro atoms. The number of carbonyl (C=O) groups is 1. The number of amides is 1. The Kier molecular flexibility index (Phi) is 3.37. The summed E-state index contributed by atoms with van der Waals surface area (Å²) in [5, 5.41) is 3.52. The van der Waals surface area contributed by atoms with Gasteiger partial charge in [0, 0.05) is 25.0 Å². The van der Waals surface area contributed by atoms with E-state index in [1.165, 1.54) is 32.1 Å². The minimum absolute atomic E-state index is 0.344. The van der Waals surface area contributed by atoms with Crippen LogP contribution in [0, 0.1) is 11.8 Å². The molecule has 0 aromatic rings. The summed E-state index contributed by atoms with van der Waals surface area (Å²) in [6, 6.07) is 0.602. The molecule has 1 amide bonds. The van der Waals surface area contributed by atoms with E-state index in [1.807, 2.05) is 0 Å². The van der Waals surface area contributed by atoms with Crippen molar-refractivity contribution < 1.29 is 4.79 Å². The SMILES string of the molecule is O=C(C1CCCCCC1)N1C[C@@H]2CCN[C@@H]2C1. The van der Waals surface area contributed by atoms with Crippen molar-refractivity contribution in [2.24, 2.45) is 11.8 Å². The second-order valence-electron chi connectivity index (χ2n) is 6.04. The van der Waals surface area contributed by atoms with Crippen LogP contribution in [0.3, 0.4) is 0 Å². The molecule has 3 heteroatoms. The third-order valence-electron chi connectivity index (χ3n) is 4.88. The molecule has 3 fully saturated rings. The molecular formula is C14H24N2O. The van der Waals surface area contributed by atoms with Gasteiger partial charge in [0.1, 0.15) is 0 Å². The normalized spacial score (nSPS) is 34.7. The average Bonchev–Trinajstić information content (AvgIpc) is 2.80. The summed E-state index contributed by atoms with van der Waals surface area (Å²) in [7, 11) is 0. The van der Waals surface area contributed by atoms with Crippen molar-refractivity contribution in [2.45, 2.75) is 51.0 Å². The molecule has 17 heavy (non-hydrogen) atoms. The molecule has 0 aromatic carbocycles. The Balaban J connectivity index is 1.58. The van der Waals surface area contributed by atoms with Gasteiger partial charge in [-0.1, -0.05) is 25.7 Å². The van der Waals surface area contributed by atoms with Crippen LogP contribution in [0.2, 0.25) is 0 Å². The number of likely N-dealkylation sites (tertiary alicyclic amines) is 1. The fourth-order valence-electron chi connectivity index (χ4n) is 3.81. The topological polar surface area (TPSA) is 32.3 Å². The maximum atomic E-state index is 12.5. The minimum Gasteiger partial charge on any atom is -0.341 e. The van der Waals surface area contributed by atoms with Gasteiger partial charge in [-0.05, 0) is 31.7 Å². The molecule has 3 nitrogen and oxygen atoms in total. The first-order chi connectivity index (χ1) is 8.34. The first kappa shape index (κ1) is 11.5. The summed E-state index contributed by atoms with van der Waals surface area (Å²) >= 11 is 0. The van der Waals surface area contributed by atoms with Crippen LogP contribution >= 0.6 is 0 Å². The van der Waals surface area contributed by atoms with Gasteiger partial charge in [-0.2, -0.15) is 0 Å². The average molecular weight is 236 g/mol. The number of nitrogens with one attached hydrogen (secondary N) is 1. The predicted octanol–water partition coefficient (Wildman–Crippen LogP) is 1.78. The fourth-order valence-corrected chi connectivity index (χ4v) is 3.81. The molecule has 2 aliphatic heterocycles. The van der Waals surface area contributed by atoms with E-state index in [1.54, 1.807) is 0 Å². The van der Waals surface area contributed by atoms with Crippen LogP contribution in [-0.4, -0.2) is 36.5 Å². The Morgan fingerprint density at radius 1 is 1.00 bits per heavy atom. The first-order valence-electron chi connectivity index (χ1n) is 7.37. The first-order valence-corrected chi connectivity index (χ1v) is 7.37. The summed E-state index contributed by atoms with van der Waals surface area (Å²) in [5.41, 5.74) is 0. The van der Waals surface area contributed by atoms with Gasteiger partial charge in [-0.3, -0.25) is 4.79 Å². The van der Waals surface area contributed by atoms with E-state index in [2.05, 4.69) is 10.2 Å². The number of hydrogen-bond acceptors (Lipinski definition) is 2. The molecule has 0 unspecified atom stereocenters. The second kappa shape index (κ2) is 4.97. The molecule has 3 rings (SSSR count). The third-order valence-corrected chi connectivity index (χ3v) is 4.88. The van der Waals surface area contributed by atoms with Crippen molar-refractivity contribution in [3.8, 4) is 0 Å². The summed E-state index contributed by atoms with van der Waals surface area (Å²) < 4.78 is 0. The third kappa shape index (κ3) is 2.35. The zero-order valence-electron chi connectivity index (χ0n) is 10.7. The van der Waals surface area contributed by atoms with Gasteiger partial charge in [-0.25, -0.2) is 0 Å². The second-order valence-corrected chi connectivity index (χ2v) is 6.04. The van der Waals surface area contributed by atoms with Crippen molar-refractivity contribution in [1.82, 2.24) is 10.2 Å². The highest BCUT2D eigenvalue weighted by Gasteiger charge is 2.39. The predicted molar refractivity (Wildman–Crippen MR) is 67.7 cm³/mol. The van der Waals surface area contributed by atoms with E-state index in [0.717, 1.165) is 38.4 Å². The lowest BCUT2D eigenvalue weighted by Gasteiger charge is -2.23. The Hall–Kier alpha value is -0.570. The quantitative estimate of drug-likeness (QED) is 0.704. The van der Waals surface area contributed by atoms with Gasteiger partial charge in [0.25, 0.3) is 0 Å². The molecule has 96 valence electrons. The van der Waals surface area contributed by atoms with Crippen LogP contribution in [0.4, 0.5) is 0 Å². The Morgan fingerprint density at radius 3 is 2.47 bits per heavy atom. The van der Waals surface area contributed by atoms with Crippen LogP contribution in [0.1, 0.15) is 44.9 Å². The van der Waals surface area contributed by atoms with E-state index >= 15 is 0 Å². The molecule has 1 saturated carbocycles. The van der Waals surface area contributed by atoms with Gasteiger partial charge in [0.2, 0.25) is 5.91 Å². The van der Waals surface area contributed by atoms with Crippen molar-refractivity contribution in [3.05, 3.63) is 0 Å². The summed E-state index contributed by atoms with van der Waals surface area (Å²) in [5.74, 6) is 1.55. The van der Waals surface area contributed by atoms with Crippen molar-refractivity contribution >= 4 is 5.91 Å². The van der Waals surface area contributed by atoms with Crippen LogP contribution in [0.5, 0.6) is 0 Å². The number of hydrogen-bond donors (Lipinski definition) is 1. The standard InChI is InChI=1S/C14H24N2O/c17-14(11-5-3-1-2-4-6-11)16-9-12-7-8-15-13(12)10-16/h11-13,15H,1-10H2/t12-,13+/m0/s1. The minimum atomic E-state index is 0.344. The summed E-state index contributed by atoms with van der Waals surface area (Å²) in [4.78, 5) is 14.6. The van der Waals surface area contributed by atoms with E-state index < -0.39 is 0 Å². The molecule has 3 aliphatic rings. The highest BCUT2D eigenvalue weighted by Crippen LogP contribution is 2.29. The maximum absolute atomic E-state index is 12.5. The van der Waals surface area contributed by atoms with Crippen LogP contribution < -0.4 is 5.32 Å². The molecule has 0 bridgehead atoms. The summed E-state index contributed by atoms with van der Waals surface area (Å²) in [6.07, 6.45) is 8.72. The molecule has 2 heterocycles. The lowest BCUT2D eigenvalue weighted by molar-refractivity contribution is -0.135. The zero-order chi connectivity index (χ0) is 11.7. The summed E-state index contributed by atoms with van der Waals surface area (Å²) in [6.45, 7) is 3.15. The molecule has 0 aromatic heterocycles. The van der Waals surface area contributed by atoms with E-state index in [4.69, 9.17) is 0 Å². The number of fused-ring (bicyclic) bond motifs is 1. The lowest BCUT2D eigenvalue weighted by atomic mass is 9.99. The van der Waals surface area contributed by atoms with Gasteiger partial charge in [0.05, 0.1) is 0 Å². The molecule has 1 aliphatic carbocycles. The van der Waals surface area contributed by atoms with Crippen molar-refractivity contribution in [1.29, 1.82) is 0 Å². The molecule has 2 saturated heterocycles. The fraction of sp³-hybridized carbons (Fsp3) is 0.929. The smallest absolute Gasteiger partial charge is 0.225 e. The maximum Gasteiger partial charge on any atom is 0.225 e. The highest BCUT2D eigenvalue weighted by atomic mass is 16.2. The van der Waals surface area contributed by atoms with Gasteiger partial charge < -0.3 is 10.2 Å². The number of carbonyl (C=O) groups excluding carboxylic acids is 1. The van der Waals surface area contributed by atoms with Crippen molar-refractivity contribution in [2.75, 3.05) is 19.6 Å². The monoisotopic (exact) mass is 236 g/mol. The van der Waals surface area contributed by atoms with Gasteiger partial charge in [-0.15, -0.1) is 0 Å². The molecular weight excluding hydrogens is 212 g/mol. The van der Waals surface area contributed by atoms with Gasteiger partial charge >= 0.3 is 0 Å². The van der Waals surface area contributed by atoms with E-state index in [9.17, 15) is 4.79 Å². The number of rotatable bonds is 1. The van der Waals surface area contributed by atoms with E-state index in [0.29, 0.717) is 17.9 Å². The van der Waals surface area contributed by atoms with Crippen LogP contribution in [0.15, 0.2) is 0 Å². The highest BCUT2D eigenvalue weighted by molar-refractivity contribution is 5.79. The lowest BCUT2D eigenvalue weighted by Crippen LogP contribution is -2.37. The Morgan fingerprint density at radius 2 is 1.76 bits per heavy atom. The van der Waals surface area contributed by atoms with Crippen LogP contribution in [0.25, 0.3) is 0 Å². The van der Waals surface area contributed by atoms with E-state index in [-0.39, 0.29) is 0 Å². The molecule has 2 atom stereocenters. The molecule has 0 radical (unpaired) electrons. The molecule has 1 N–H and O–H groups in total. The van der Waals surface area contributed by atoms with Crippen molar-refractivity contribution in [3.63, 3.8) is 0 Å². The number of nitrogens with zero attached hydrogens (tertiary/aromatic N) is 1. The van der Waals surface area contributed by atoms with Crippen LogP contribution in [-0.2, 0) is 4.79 Å². The zero-order valence-corrected chi connectivity index (χ0v) is 10.7. The Labute approximate surface area is 104 Å². The Bertz CT molecular complexity index is 272. The van der Waals surface area contributed by atoms with Gasteiger partial charge in [0.15, 0.2) is 0 Å².